The molecule has 2 aliphatic heterocycles. The molecule has 0 aliphatic carbocycles. The van der Waals surface area contributed by atoms with Crippen LogP contribution >= 0.6 is 23.9 Å². The van der Waals surface area contributed by atoms with Crippen LogP contribution in [0.1, 0.15) is 0 Å². The second-order valence-corrected chi connectivity index (χ2v) is 17.7. The first-order valence-corrected chi connectivity index (χ1v) is 16.2. The molecule has 4 nitrogen and oxygen atoms in total. The van der Waals surface area contributed by atoms with Crippen LogP contribution in [0.3, 0.4) is 0 Å². The molecule has 1 spiro atoms. The van der Waals surface area contributed by atoms with Crippen LogP contribution in [-0.2, 0) is 18.8 Å². The Labute approximate surface area is 88.2 Å². The van der Waals surface area contributed by atoms with Crippen LogP contribution in [0.2, 0.25) is 4.18 Å². The Morgan fingerprint density at radius 2 is 2.25 bits per heavy atom. The van der Waals surface area contributed by atoms with E-state index in [0.29, 0.717) is 5.03 Å². The molecule has 12 heavy (non-hydrogen) atoms. The molecule has 8 heteroatoms. The van der Waals surface area contributed by atoms with Crippen molar-refractivity contribution in [1.82, 2.24) is 0 Å². The standard InChI is InChI=1S/C4H3ClO4S.BrH.In/c1-3(5)2-4-8-10(6,7)9-4;;/h2H,1H2;1H;/q;;+1/p-1. The van der Waals surface area contributed by atoms with Gasteiger partial charge in [-0.15, -0.1) is 0 Å². The number of rotatable bonds is 0. The van der Waals surface area contributed by atoms with E-state index < -0.39 is 33.1 Å². The van der Waals surface area contributed by atoms with E-state index in [2.05, 4.69) is 12.3 Å². The van der Waals surface area contributed by atoms with Crippen molar-refractivity contribution in [1.29, 1.82) is 0 Å². The van der Waals surface area contributed by atoms with Crippen molar-refractivity contribution >= 4 is 53.4 Å². The summed E-state index contributed by atoms with van der Waals surface area (Å²) in [5.41, 5.74) is 0. The second-order valence-electron chi connectivity index (χ2n) is 2.56. The van der Waals surface area contributed by atoms with E-state index in [1.165, 1.54) is 0 Å². The predicted molar refractivity (Wildman–Crippen MR) is 47.2 cm³/mol. The second kappa shape index (κ2) is 2.87. The molecular formula is C4H3BrClInO4S. The molecule has 2 rings (SSSR count). The van der Waals surface area contributed by atoms with Gasteiger partial charge in [-0.25, -0.2) is 0 Å². The summed E-state index contributed by atoms with van der Waals surface area (Å²) in [7, 11) is -3.71. The average molecular weight is 377 g/mol. The van der Waals surface area contributed by atoms with E-state index in [9.17, 15) is 8.42 Å². The third-order valence-corrected chi connectivity index (χ3v) is 16.9. The van der Waals surface area contributed by atoms with Gasteiger partial charge in [0.15, 0.2) is 0 Å². The summed E-state index contributed by atoms with van der Waals surface area (Å²) in [6, 6.07) is 0. The van der Waals surface area contributed by atoms with Crippen LogP contribution in [0.5, 0.6) is 0 Å². The van der Waals surface area contributed by atoms with Crippen molar-refractivity contribution in [2.75, 3.05) is 0 Å². The van der Waals surface area contributed by atoms with Crippen molar-refractivity contribution in [2.24, 2.45) is 0 Å². The molecule has 0 atom stereocenters. The maximum atomic E-state index is 10.6. The summed E-state index contributed by atoms with van der Waals surface area (Å²) < 4.78 is 30.3. The molecule has 66 valence electrons. The molecule has 0 N–H and O–H groups in total. The molecule has 1 fully saturated rings. The van der Waals surface area contributed by atoms with Gasteiger partial charge in [0.2, 0.25) is 0 Å². The molecule has 0 unspecified atom stereocenters. The minimum atomic E-state index is -3.71. The van der Waals surface area contributed by atoms with Gasteiger partial charge in [-0.05, 0) is 0 Å². The molecular weight excluding hydrogens is 374 g/mol. The van der Waals surface area contributed by atoms with E-state index >= 15 is 0 Å². The topological polar surface area (TPSA) is 52.6 Å². The van der Waals surface area contributed by atoms with Crippen molar-refractivity contribution in [3.05, 3.63) is 11.1 Å². The van der Waals surface area contributed by atoms with E-state index in [0.717, 1.165) is 4.18 Å². The molecule has 0 radical (unpaired) electrons. The van der Waals surface area contributed by atoms with Gasteiger partial charge in [-0.1, -0.05) is 0 Å². The minimum absolute atomic E-state index is 0.627. The Kier molecular flexibility index (Phi) is 2.34. The fourth-order valence-electron chi connectivity index (χ4n) is 1.16. The van der Waals surface area contributed by atoms with E-state index in [1.54, 1.807) is 6.08 Å². The van der Waals surface area contributed by atoms with Gasteiger partial charge in [-0.2, -0.15) is 0 Å². The Morgan fingerprint density at radius 3 is 2.58 bits per heavy atom. The fourth-order valence-corrected chi connectivity index (χ4v) is 18.2. The molecule has 0 bridgehead atoms. The molecule has 2 aliphatic rings. The van der Waals surface area contributed by atoms with Gasteiger partial charge >= 0.3 is 89.0 Å². The summed E-state index contributed by atoms with van der Waals surface area (Å²) in [6.45, 7) is 0. The number of hydrogen-bond donors (Lipinski definition) is 0. The van der Waals surface area contributed by atoms with Gasteiger partial charge in [0, 0.05) is 0 Å². The molecule has 2 heterocycles. The Balaban J connectivity index is 2.26. The molecule has 0 aromatic carbocycles. The van der Waals surface area contributed by atoms with Gasteiger partial charge < -0.3 is 0 Å². The van der Waals surface area contributed by atoms with Crippen molar-refractivity contribution in [3.63, 3.8) is 0 Å². The zero-order chi connectivity index (χ0) is 8.98. The third kappa shape index (κ3) is 1.48. The van der Waals surface area contributed by atoms with Crippen LogP contribution in [0, 0.1) is 0 Å². The Morgan fingerprint density at radius 1 is 1.67 bits per heavy atom. The van der Waals surface area contributed by atoms with Crippen LogP contribution < -0.4 is 0 Å². The van der Waals surface area contributed by atoms with E-state index in [-0.39, 0.29) is 0 Å². The first-order chi connectivity index (χ1) is 5.44. The Hall–Kier alpha value is 1.25. The predicted octanol–water partition coefficient (Wildman–Crippen LogP) is 1.04. The quantitative estimate of drug-likeness (QED) is 0.633. The van der Waals surface area contributed by atoms with Crippen molar-refractivity contribution in [2.45, 2.75) is 7.72 Å². The number of hydrogen-bond acceptors (Lipinski definition) is 4. The van der Waals surface area contributed by atoms with Crippen LogP contribution in [-0.4, -0.2) is 31.1 Å². The fraction of sp³-hybridized carbons (Fsp3) is 0.500. The summed E-state index contributed by atoms with van der Waals surface area (Å²) in [5.74, 6) is 0. The summed E-state index contributed by atoms with van der Waals surface area (Å²) >= 11 is 6.90. The number of allylic oxidation sites excluding steroid dienone is 1. The van der Waals surface area contributed by atoms with Crippen LogP contribution in [0.15, 0.2) is 11.1 Å². The van der Waals surface area contributed by atoms with Crippen molar-refractivity contribution < 1.29 is 16.8 Å². The molecule has 0 aromatic heterocycles. The maximum absolute atomic E-state index is 10.6. The first kappa shape index (κ1) is 9.79. The summed E-state index contributed by atoms with van der Waals surface area (Å²) in [4.78, 5) is 0. The third-order valence-electron chi connectivity index (χ3n) is 1.63. The molecule has 0 aromatic rings. The van der Waals surface area contributed by atoms with Gasteiger partial charge in [0.1, 0.15) is 0 Å². The van der Waals surface area contributed by atoms with Gasteiger partial charge in [0.25, 0.3) is 0 Å². The van der Waals surface area contributed by atoms with Crippen LogP contribution in [0.25, 0.3) is 0 Å². The molecule has 0 saturated carbocycles. The average Bonchev–Trinajstić information content (AvgIpc) is 2.04. The monoisotopic (exact) mass is 376 g/mol. The normalized spacial score (nSPS) is 30.2. The van der Waals surface area contributed by atoms with E-state index in [1.807, 2.05) is 0 Å². The summed E-state index contributed by atoms with van der Waals surface area (Å²) in [6.07, 6.45) is 1.55. The zero-order valence-electron chi connectivity index (χ0n) is 5.66. The van der Waals surface area contributed by atoms with Crippen LogP contribution in [0.4, 0.5) is 0 Å². The summed E-state index contributed by atoms with van der Waals surface area (Å²) in [5, 5.41) is 0.627. The van der Waals surface area contributed by atoms with E-state index in [4.69, 9.17) is 20.0 Å². The van der Waals surface area contributed by atoms with Gasteiger partial charge in [-0.3, -0.25) is 0 Å². The van der Waals surface area contributed by atoms with Gasteiger partial charge in [0.05, 0.1) is 0 Å². The number of halogens is 2. The zero-order valence-corrected chi connectivity index (χ0v) is 12.1. The first-order valence-electron chi connectivity index (χ1n) is 3.11. The Bertz CT molecular complexity index is 340. The molecule has 0 amide bonds. The van der Waals surface area contributed by atoms with Crippen molar-refractivity contribution in [3.8, 4) is 0 Å². The SMILES string of the molecule is O=S1(=O)O[C]2(C=C(Cl)[CH2][In]2[Br])O1. The molecule has 1 saturated heterocycles.